The van der Waals surface area contributed by atoms with Gasteiger partial charge in [-0.2, -0.15) is 0 Å². The minimum atomic E-state index is 0.183. The number of likely N-dealkylation sites (N-methyl/N-ethyl adjacent to an activating group) is 1. The Morgan fingerprint density at radius 2 is 1.86 bits per heavy atom. The van der Waals surface area contributed by atoms with Gasteiger partial charge in [-0.3, -0.25) is 0 Å². The molecule has 0 bridgehead atoms. The Bertz CT molecular complexity index is 605. The Morgan fingerprint density at radius 1 is 1.14 bits per heavy atom. The van der Waals surface area contributed by atoms with Crippen molar-refractivity contribution in [1.29, 1.82) is 0 Å². The molecule has 2 aromatic carbocycles. The summed E-state index contributed by atoms with van der Waals surface area (Å²) in [4.78, 5) is 1.41. The second-order valence-corrected chi connectivity index (χ2v) is 6.06. The molecule has 0 aliphatic heterocycles. The van der Waals surface area contributed by atoms with Crippen molar-refractivity contribution in [2.75, 3.05) is 27.2 Å². The highest BCUT2D eigenvalue weighted by atomic mass is 32.1. The predicted molar refractivity (Wildman–Crippen MR) is 93.8 cm³/mol. The number of benzene rings is 2. The third kappa shape index (κ3) is 4.41. The second-order valence-electron chi connectivity index (χ2n) is 5.65. The Morgan fingerprint density at radius 3 is 2.62 bits per heavy atom. The van der Waals surface area contributed by atoms with Crippen molar-refractivity contribution in [2.45, 2.75) is 13.0 Å². The molecule has 21 heavy (non-hydrogen) atoms. The van der Waals surface area contributed by atoms with Crippen molar-refractivity contribution >= 4 is 28.1 Å². The molecule has 0 saturated heterocycles. The van der Waals surface area contributed by atoms with Gasteiger partial charge in [0.25, 0.3) is 0 Å². The molecule has 3 N–H and O–H groups in total. The van der Waals surface area contributed by atoms with Gasteiger partial charge in [0.05, 0.1) is 33.2 Å². The van der Waals surface area contributed by atoms with E-state index < -0.39 is 0 Å². The molecular formula is C17H24N3S+. The van der Waals surface area contributed by atoms with Crippen LogP contribution in [0, 0.1) is 0 Å². The van der Waals surface area contributed by atoms with Crippen molar-refractivity contribution in [3.05, 3.63) is 48.0 Å². The maximum atomic E-state index is 5.37. The molecule has 112 valence electrons. The van der Waals surface area contributed by atoms with E-state index in [2.05, 4.69) is 74.1 Å². The molecule has 2 aromatic rings. The number of hydrogen-bond donors (Lipinski definition) is 3. The Kier molecular flexibility index (Phi) is 5.53. The first-order valence-corrected chi connectivity index (χ1v) is 7.80. The van der Waals surface area contributed by atoms with Crippen molar-refractivity contribution < 1.29 is 4.90 Å². The molecular weight excluding hydrogens is 278 g/mol. The van der Waals surface area contributed by atoms with Crippen molar-refractivity contribution in [2.24, 2.45) is 0 Å². The van der Waals surface area contributed by atoms with Crippen LogP contribution >= 0.6 is 12.2 Å². The number of quaternary nitrogens is 1. The summed E-state index contributed by atoms with van der Waals surface area (Å²) in [5, 5.41) is 9.90. The third-order valence-electron chi connectivity index (χ3n) is 3.55. The molecule has 0 aliphatic rings. The third-order valence-corrected chi connectivity index (χ3v) is 3.81. The van der Waals surface area contributed by atoms with Gasteiger partial charge in [0.2, 0.25) is 0 Å². The topological polar surface area (TPSA) is 28.5 Å². The molecule has 0 spiro atoms. The van der Waals surface area contributed by atoms with Gasteiger partial charge in [-0.05, 0) is 35.5 Å². The van der Waals surface area contributed by atoms with Crippen LogP contribution in [0.5, 0.6) is 0 Å². The van der Waals surface area contributed by atoms with E-state index in [9.17, 15) is 0 Å². The van der Waals surface area contributed by atoms with Crippen LogP contribution in [0.25, 0.3) is 10.8 Å². The summed E-state index contributed by atoms with van der Waals surface area (Å²) in [5.41, 5.74) is 1.27. The largest absolute Gasteiger partial charge is 0.357 e. The van der Waals surface area contributed by atoms with Gasteiger partial charge >= 0.3 is 0 Å². The van der Waals surface area contributed by atoms with E-state index in [1.165, 1.54) is 21.2 Å². The first-order valence-electron chi connectivity index (χ1n) is 7.39. The Balaban J connectivity index is 2.02. The number of rotatable bonds is 5. The lowest BCUT2D eigenvalue weighted by molar-refractivity contribution is -0.856. The maximum absolute atomic E-state index is 5.37. The lowest BCUT2D eigenvalue weighted by Crippen LogP contribution is -3.06. The summed E-state index contributed by atoms with van der Waals surface area (Å²) in [5.74, 6) is 0. The minimum absolute atomic E-state index is 0.183. The van der Waals surface area contributed by atoms with Gasteiger partial charge in [0.1, 0.15) is 0 Å². The molecule has 0 aliphatic carbocycles. The summed E-state index contributed by atoms with van der Waals surface area (Å²) in [7, 11) is 4.27. The summed E-state index contributed by atoms with van der Waals surface area (Å²) < 4.78 is 0. The molecule has 2 rings (SSSR count). The first kappa shape index (κ1) is 15.7. The molecule has 0 saturated carbocycles. The number of thiocarbonyl (C=S) groups is 1. The fraction of sp³-hybridized carbons (Fsp3) is 0.353. The molecule has 0 aromatic heterocycles. The SMILES string of the molecule is C[C@H](NC(=S)NCC[NH+](C)C)c1cccc2ccccc12. The van der Waals surface area contributed by atoms with E-state index in [4.69, 9.17) is 12.2 Å². The average Bonchev–Trinajstić information content (AvgIpc) is 2.46. The monoisotopic (exact) mass is 302 g/mol. The smallest absolute Gasteiger partial charge is 0.166 e. The van der Waals surface area contributed by atoms with E-state index in [1.54, 1.807) is 0 Å². The van der Waals surface area contributed by atoms with Crippen LogP contribution in [-0.4, -0.2) is 32.3 Å². The minimum Gasteiger partial charge on any atom is -0.357 e. The van der Waals surface area contributed by atoms with E-state index >= 15 is 0 Å². The summed E-state index contributed by atoms with van der Waals surface area (Å²) >= 11 is 5.37. The highest BCUT2D eigenvalue weighted by Gasteiger charge is 2.10. The van der Waals surface area contributed by atoms with Crippen LogP contribution in [0.4, 0.5) is 0 Å². The fourth-order valence-corrected chi connectivity index (χ4v) is 2.66. The predicted octanol–water partition coefficient (Wildman–Crippen LogP) is 1.51. The zero-order chi connectivity index (χ0) is 15.2. The normalized spacial score (nSPS) is 12.4. The molecule has 3 nitrogen and oxygen atoms in total. The maximum Gasteiger partial charge on any atom is 0.166 e. The molecule has 0 radical (unpaired) electrons. The Labute approximate surface area is 132 Å². The standard InChI is InChI=1S/C17H23N3S/c1-13(19-17(21)18-11-12-20(2)3)15-10-6-8-14-7-4-5-9-16(14)15/h4-10,13H,11-12H2,1-3H3,(H2,18,19,21)/p+1/t13-/m0/s1. The molecule has 1 atom stereocenters. The molecule has 4 heteroatoms. The van der Waals surface area contributed by atoms with Crippen LogP contribution in [0.2, 0.25) is 0 Å². The van der Waals surface area contributed by atoms with Crippen LogP contribution in [0.3, 0.4) is 0 Å². The van der Waals surface area contributed by atoms with Gasteiger partial charge in [-0.1, -0.05) is 42.5 Å². The van der Waals surface area contributed by atoms with Crippen LogP contribution in [0.1, 0.15) is 18.5 Å². The first-order chi connectivity index (χ1) is 10.1. The van der Waals surface area contributed by atoms with E-state index in [1.807, 2.05) is 0 Å². The highest BCUT2D eigenvalue weighted by molar-refractivity contribution is 7.80. The molecule has 0 amide bonds. The van der Waals surface area contributed by atoms with Gasteiger partial charge < -0.3 is 15.5 Å². The number of fused-ring (bicyclic) bond motifs is 1. The van der Waals surface area contributed by atoms with Crippen LogP contribution < -0.4 is 15.5 Å². The average molecular weight is 302 g/mol. The number of hydrogen-bond acceptors (Lipinski definition) is 1. The van der Waals surface area contributed by atoms with Gasteiger partial charge in [0, 0.05) is 0 Å². The number of nitrogens with one attached hydrogen (secondary N) is 3. The molecule has 0 unspecified atom stereocenters. The second kappa shape index (κ2) is 7.38. The zero-order valence-corrected chi connectivity index (χ0v) is 13.8. The van der Waals surface area contributed by atoms with Crippen molar-refractivity contribution in [3.63, 3.8) is 0 Å². The van der Waals surface area contributed by atoms with Gasteiger partial charge in [0.15, 0.2) is 5.11 Å². The van der Waals surface area contributed by atoms with E-state index in [0.717, 1.165) is 18.2 Å². The van der Waals surface area contributed by atoms with Gasteiger partial charge in [-0.25, -0.2) is 0 Å². The molecule has 0 fully saturated rings. The summed E-state index contributed by atoms with van der Waals surface area (Å²) in [6.07, 6.45) is 0. The van der Waals surface area contributed by atoms with Crippen LogP contribution in [0.15, 0.2) is 42.5 Å². The van der Waals surface area contributed by atoms with Crippen LogP contribution in [-0.2, 0) is 0 Å². The lowest BCUT2D eigenvalue weighted by atomic mass is 10.00. The zero-order valence-electron chi connectivity index (χ0n) is 12.9. The van der Waals surface area contributed by atoms with E-state index in [-0.39, 0.29) is 6.04 Å². The quantitative estimate of drug-likeness (QED) is 0.731. The Hall–Kier alpha value is -1.65. The van der Waals surface area contributed by atoms with E-state index in [0.29, 0.717) is 0 Å². The lowest BCUT2D eigenvalue weighted by Gasteiger charge is -2.19. The van der Waals surface area contributed by atoms with Crippen molar-refractivity contribution in [3.8, 4) is 0 Å². The fourth-order valence-electron chi connectivity index (χ4n) is 2.38. The van der Waals surface area contributed by atoms with Crippen molar-refractivity contribution in [1.82, 2.24) is 10.6 Å². The summed E-state index contributed by atoms with van der Waals surface area (Å²) in [6, 6.07) is 15.0. The highest BCUT2D eigenvalue weighted by Crippen LogP contribution is 2.23. The molecule has 0 heterocycles. The van der Waals surface area contributed by atoms with Gasteiger partial charge in [-0.15, -0.1) is 0 Å². The summed E-state index contributed by atoms with van der Waals surface area (Å²) in [6.45, 7) is 4.08.